The van der Waals surface area contributed by atoms with E-state index in [4.69, 9.17) is 4.74 Å². The van der Waals surface area contributed by atoms with Crippen molar-refractivity contribution in [2.45, 2.75) is 38.1 Å². The molecule has 0 bridgehead atoms. The molecule has 4 atom stereocenters. The Kier molecular flexibility index (Phi) is 5.70. The Hall–Kier alpha value is -1.53. The summed E-state index contributed by atoms with van der Waals surface area (Å²) in [6, 6.07) is 4.79. The lowest BCUT2D eigenvalue weighted by Crippen LogP contribution is -2.12. The summed E-state index contributed by atoms with van der Waals surface area (Å²) in [5.41, 5.74) is -0.735. The van der Waals surface area contributed by atoms with Crippen LogP contribution in [0.4, 0.5) is 13.2 Å². The Morgan fingerprint density at radius 2 is 2.04 bits per heavy atom. The molecule has 0 spiro atoms. The highest BCUT2D eigenvalue weighted by Crippen LogP contribution is 2.31. The number of ether oxygens (including phenoxy) is 1. The minimum absolute atomic E-state index is 0.0190. The van der Waals surface area contributed by atoms with E-state index in [0.717, 1.165) is 12.1 Å². The van der Waals surface area contributed by atoms with Gasteiger partial charge < -0.3 is 14.9 Å². The van der Waals surface area contributed by atoms with E-state index in [0.29, 0.717) is 12.8 Å². The maximum atomic E-state index is 12.6. The number of rotatable bonds is 5. The summed E-state index contributed by atoms with van der Waals surface area (Å²) in [5.74, 6) is 0.0758. The van der Waals surface area contributed by atoms with Crippen molar-refractivity contribution in [3.8, 4) is 5.75 Å². The minimum atomic E-state index is -4.38. The van der Waals surface area contributed by atoms with Crippen molar-refractivity contribution in [3.05, 3.63) is 42.0 Å². The van der Waals surface area contributed by atoms with Gasteiger partial charge in [0.05, 0.1) is 24.4 Å². The molecule has 1 aliphatic rings. The van der Waals surface area contributed by atoms with Crippen LogP contribution in [0, 0.1) is 11.8 Å². The summed E-state index contributed by atoms with van der Waals surface area (Å²) in [4.78, 5) is 0. The average Bonchev–Trinajstić information content (AvgIpc) is 2.80. The molecule has 1 aliphatic carbocycles. The van der Waals surface area contributed by atoms with E-state index in [9.17, 15) is 23.4 Å². The van der Waals surface area contributed by atoms with Crippen LogP contribution in [0.1, 0.15) is 25.3 Å². The summed E-state index contributed by atoms with van der Waals surface area (Å²) in [6.07, 6.45) is -0.789. The van der Waals surface area contributed by atoms with Gasteiger partial charge in [0.25, 0.3) is 0 Å². The smallest absolute Gasteiger partial charge is 0.416 e. The molecule has 1 aromatic carbocycles. The third kappa shape index (κ3) is 5.25. The Morgan fingerprint density at radius 1 is 1.30 bits per heavy atom. The molecule has 0 saturated heterocycles. The van der Waals surface area contributed by atoms with Crippen LogP contribution < -0.4 is 4.74 Å². The number of benzene rings is 1. The van der Waals surface area contributed by atoms with Crippen molar-refractivity contribution in [1.29, 1.82) is 0 Å². The van der Waals surface area contributed by atoms with Crippen LogP contribution in [0.5, 0.6) is 5.75 Å². The Morgan fingerprint density at radius 3 is 2.65 bits per heavy atom. The van der Waals surface area contributed by atoms with Gasteiger partial charge in [0, 0.05) is 11.8 Å². The van der Waals surface area contributed by atoms with Crippen LogP contribution in [0.15, 0.2) is 36.4 Å². The summed E-state index contributed by atoms with van der Waals surface area (Å²) in [6.45, 7) is 2.12. The first kappa shape index (κ1) is 17.8. The molecule has 2 rings (SSSR count). The molecule has 6 heteroatoms. The third-order valence-electron chi connectivity index (χ3n) is 3.91. The highest BCUT2D eigenvalue weighted by atomic mass is 19.4. The first-order valence-electron chi connectivity index (χ1n) is 7.60. The SMILES string of the molecule is C[C@H](/C=C/[C@@H]1C[C@@H](O)C[C@H]1O)COc1cccc(C(F)(F)F)c1. The molecule has 1 aromatic rings. The summed E-state index contributed by atoms with van der Waals surface area (Å²) >= 11 is 0. The highest BCUT2D eigenvalue weighted by molar-refractivity contribution is 5.30. The van der Waals surface area contributed by atoms with E-state index in [1.165, 1.54) is 12.1 Å². The van der Waals surface area contributed by atoms with Crippen molar-refractivity contribution in [3.63, 3.8) is 0 Å². The van der Waals surface area contributed by atoms with Gasteiger partial charge in [0.2, 0.25) is 0 Å². The summed E-state index contributed by atoms with van der Waals surface area (Å²) in [7, 11) is 0. The van der Waals surface area contributed by atoms with Gasteiger partial charge in [-0.3, -0.25) is 0 Å². The highest BCUT2D eigenvalue weighted by Gasteiger charge is 2.31. The van der Waals surface area contributed by atoms with Crippen LogP contribution >= 0.6 is 0 Å². The zero-order valence-electron chi connectivity index (χ0n) is 12.8. The zero-order chi connectivity index (χ0) is 17.0. The van der Waals surface area contributed by atoms with Crippen LogP contribution in [-0.4, -0.2) is 29.0 Å². The van der Waals surface area contributed by atoms with Gasteiger partial charge in [0.15, 0.2) is 0 Å². The second-order valence-corrected chi connectivity index (χ2v) is 6.06. The van der Waals surface area contributed by atoms with Crippen molar-refractivity contribution in [1.82, 2.24) is 0 Å². The van der Waals surface area contributed by atoms with Crippen molar-refractivity contribution in [2.24, 2.45) is 11.8 Å². The summed E-state index contributed by atoms with van der Waals surface area (Å²) in [5, 5.41) is 19.2. The minimum Gasteiger partial charge on any atom is -0.493 e. The molecule has 0 amide bonds. The fraction of sp³-hybridized carbons (Fsp3) is 0.529. The molecule has 0 unspecified atom stereocenters. The number of halogens is 3. The van der Waals surface area contributed by atoms with E-state index < -0.39 is 23.9 Å². The van der Waals surface area contributed by atoms with E-state index in [-0.39, 0.29) is 24.2 Å². The Bertz CT molecular complexity index is 542. The van der Waals surface area contributed by atoms with Gasteiger partial charge in [-0.15, -0.1) is 0 Å². The average molecular weight is 330 g/mol. The van der Waals surface area contributed by atoms with Crippen LogP contribution in [0.2, 0.25) is 0 Å². The lowest BCUT2D eigenvalue weighted by molar-refractivity contribution is -0.137. The van der Waals surface area contributed by atoms with E-state index >= 15 is 0 Å². The van der Waals surface area contributed by atoms with Crippen molar-refractivity contribution >= 4 is 0 Å². The van der Waals surface area contributed by atoms with E-state index in [2.05, 4.69) is 0 Å². The van der Waals surface area contributed by atoms with E-state index in [1.54, 1.807) is 0 Å². The monoisotopic (exact) mass is 330 g/mol. The molecule has 1 fully saturated rings. The molecule has 128 valence electrons. The maximum Gasteiger partial charge on any atom is 0.416 e. The quantitative estimate of drug-likeness (QED) is 0.814. The fourth-order valence-corrected chi connectivity index (χ4v) is 2.61. The Balaban J connectivity index is 1.86. The first-order chi connectivity index (χ1) is 10.8. The van der Waals surface area contributed by atoms with E-state index in [1.807, 2.05) is 19.1 Å². The van der Waals surface area contributed by atoms with Gasteiger partial charge in [-0.25, -0.2) is 0 Å². The largest absolute Gasteiger partial charge is 0.493 e. The van der Waals surface area contributed by atoms with Crippen LogP contribution in [0.25, 0.3) is 0 Å². The molecule has 3 nitrogen and oxygen atoms in total. The number of hydrogen-bond donors (Lipinski definition) is 2. The number of hydrogen-bond acceptors (Lipinski definition) is 3. The number of aliphatic hydroxyl groups excluding tert-OH is 2. The van der Waals surface area contributed by atoms with Gasteiger partial charge in [-0.1, -0.05) is 25.1 Å². The maximum absolute atomic E-state index is 12.6. The molecule has 0 aromatic heterocycles. The van der Waals surface area contributed by atoms with Crippen LogP contribution in [0.3, 0.4) is 0 Å². The molecule has 0 aliphatic heterocycles. The first-order valence-corrected chi connectivity index (χ1v) is 7.60. The fourth-order valence-electron chi connectivity index (χ4n) is 2.61. The van der Waals surface area contributed by atoms with Gasteiger partial charge in [0.1, 0.15) is 5.75 Å². The number of alkyl halides is 3. The molecular formula is C17H21F3O3. The van der Waals surface area contributed by atoms with Gasteiger partial charge in [-0.2, -0.15) is 13.2 Å². The molecule has 1 saturated carbocycles. The lowest BCUT2D eigenvalue weighted by atomic mass is 10.0. The zero-order valence-corrected chi connectivity index (χ0v) is 12.8. The third-order valence-corrected chi connectivity index (χ3v) is 3.91. The molecule has 0 heterocycles. The van der Waals surface area contributed by atoms with Gasteiger partial charge >= 0.3 is 6.18 Å². The number of aliphatic hydroxyl groups is 2. The lowest BCUT2D eigenvalue weighted by Gasteiger charge is -2.13. The predicted molar refractivity (Wildman–Crippen MR) is 80.0 cm³/mol. The van der Waals surface area contributed by atoms with Gasteiger partial charge in [-0.05, 0) is 31.0 Å². The van der Waals surface area contributed by atoms with Crippen molar-refractivity contribution in [2.75, 3.05) is 6.61 Å². The molecule has 23 heavy (non-hydrogen) atoms. The second kappa shape index (κ2) is 7.36. The van der Waals surface area contributed by atoms with Crippen molar-refractivity contribution < 1.29 is 28.1 Å². The Labute approximate surface area is 133 Å². The molecular weight excluding hydrogens is 309 g/mol. The molecule has 0 radical (unpaired) electrons. The molecule has 2 N–H and O–H groups in total. The topological polar surface area (TPSA) is 49.7 Å². The summed E-state index contributed by atoms with van der Waals surface area (Å²) < 4.78 is 43.3. The van der Waals surface area contributed by atoms with Crippen LogP contribution in [-0.2, 0) is 6.18 Å². The normalized spacial score (nSPS) is 26.6. The standard InChI is InChI=1S/C17H21F3O3/c1-11(5-6-12-7-14(21)9-16(12)22)10-23-15-4-2-3-13(8-15)17(18,19)20/h2-6,8,11-12,14,16,21-22H,7,9-10H2,1H3/b6-5+/t11-,12-,14-,16-/m1/s1. The predicted octanol–water partition coefficient (Wildman–Crippen LogP) is 3.41. The second-order valence-electron chi connectivity index (χ2n) is 6.06.